The molecule has 4 rings (SSSR count). The summed E-state index contributed by atoms with van der Waals surface area (Å²) in [5, 5.41) is 2.90. The van der Waals surface area contributed by atoms with Gasteiger partial charge in [-0.3, -0.25) is 15.0 Å². The Hall–Kier alpha value is -3.06. The van der Waals surface area contributed by atoms with Gasteiger partial charge in [0, 0.05) is 17.6 Å². The molecular formula is C25H31N3O4. The van der Waals surface area contributed by atoms with Gasteiger partial charge in [0.2, 0.25) is 5.91 Å². The molecule has 1 aliphatic heterocycles. The maximum Gasteiger partial charge on any atom is 0.262 e. The largest absolute Gasteiger partial charge is 0.497 e. The number of hydrogen-bond donors (Lipinski definition) is 3. The van der Waals surface area contributed by atoms with Gasteiger partial charge in [-0.2, -0.15) is 0 Å². The summed E-state index contributed by atoms with van der Waals surface area (Å²) in [4.78, 5) is 24.4. The van der Waals surface area contributed by atoms with E-state index in [-0.39, 0.29) is 30.4 Å². The van der Waals surface area contributed by atoms with Gasteiger partial charge >= 0.3 is 0 Å². The second-order valence-electron chi connectivity index (χ2n) is 8.55. The van der Waals surface area contributed by atoms with E-state index in [0.717, 1.165) is 49.1 Å². The Kier molecular flexibility index (Phi) is 7.27. The topological polar surface area (TPSA) is 88.7 Å². The number of benzene rings is 2. The van der Waals surface area contributed by atoms with Crippen molar-refractivity contribution < 1.29 is 19.1 Å². The van der Waals surface area contributed by atoms with Crippen LogP contribution in [-0.2, 0) is 16.0 Å². The maximum absolute atomic E-state index is 12.3. The molecule has 3 N–H and O–H groups in total. The molecular weight excluding hydrogens is 406 g/mol. The first-order valence-corrected chi connectivity index (χ1v) is 11.3. The van der Waals surface area contributed by atoms with Crippen LogP contribution in [0.3, 0.4) is 0 Å². The SMILES string of the molecule is COc1ccc(OCC(=O)Nc2cccc(CCC3NNC(=O)C4CCCCC34)c2)cc1. The van der Waals surface area contributed by atoms with Crippen LogP contribution in [0.5, 0.6) is 11.5 Å². The molecule has 3 atom stereocenters. The smallest absolute Gasteiger partial charge is 0.262 e. The molecule has 7 nitrogen and oxygen atoms in total. The molecule has 0 aromatic heterocycles. The molecule has 2 aromatic rings. The van der Waals surface area contributed by atoms with Crippen LogP contribution in [-0.4, -0.2) is 31.6 Å². The monoisotopic (exact) mass is 437 g/mol. The zero-order valence-corrected chi connectivity index (χ0v) is 18.4. The van der Waals surface area contributed by atoms with Gasteiger partial charge < -0.3 is 14.8 Å². The Morgan fingerprint density at radius 2 is 1.88 bits per heavy atom. The van der Waals surface area contributed by atoms with E-state index in [0.29, 0.717) is 11.7 Å². The van der Waals surface area contributed by atoms with Crippen molar-refractivity contribution in [2.45, 2.75) is 44.6 Å². The van der Waals surface area contributed by atoms with Crippen LogP contribution in [0, 0.1) is 11.8 Å². The lowest BCUT2D eigenvalue weighted by atomic mass is 9.72. The highest BCUT2D eigenvalue weighted by Gasteiger charge is 2.39. The van der Waals surface area contributed by atoms with Crippen molar-refractivity contribution >= 4 is 17.5 Å². The normalized spacial score (nSPS) is 22.4. The van der Waals surface area contributed by atoms with Crippen LogP contribution in [0.2, 0.25) is 0 Å². The van der Waals surface area contributed by atoms with Crippen molar-refractivity contribution in [3.63, 3.8) is 0 Å². The van der Waals surface area contributed by atoms with Crippen LogP contribution in [0.25, 0.3) is 0 Å². The van der Waals surface area contributed by atoms with Crippen LogP contribution in [0.15, 0.2) is 48.5 Å². The molecule has 1 saturated heterocycles. The third-order valence-electron chi connectivity index (χ3n) is 6.44. The van der Waals surface area contributed by atoms with E-state index in [4.69, 9.17) is 9.47 Å². The molecule has 3 unspecified atom stereocenters. The van der Waals surface area contributed by atoms with Gasteiger partial charge in [0.1, 0.15) is 11.5 Å². The van der Waals surface area contributed by atoms with E-state index in [1.165, 1.54) is 6.42 Å². The lowest BCUT2D eigenvalue weighted by Crippen LogP contribution is -2.59. The van der Waals surface area contributed by atoms with Gasteiger partial charge in [-0.05, 0) is 73.6 Å². The van der Waals surface area contributed by atoms with Gasteiger partial charge in [0.05, 0.1) is 7.11 Å². The Labute approximate surface area is 188 Å². The first-order chi connectivity index (χ1) is 15.6. The molecule has 2 amide bonds. The summed E-state index contributed by atoms with van der Waals surface area (Å²) in [5.74, 6) is 1.85. The van der Waals surface area contributed by atoms with Crippen molar-refractivity contribution in [1.82, 2.24) is 10.9 Å². The summed E-state index contributed by atoms with van der Waals surface area (Å²) in [6.07, 6.45) is 6.27. The second-order valence-corrected chi connectivity index (χ2v) is 8.55. The van der Waals surface area contributed by atoms with Crippen molar-refractivity contribution in [2.24, 2.45) is 11.8 Å². The molecule has 32 heavy (non-hydrogen) atoms. The third-order valence-corrected chi connectivity index (χ3v) is 6.44. The van der Waals surface area contributed by atoms with E-state index < -0.39 is 0 Å². The predicted octanol–water partition coefficient (Wildman–Crippen LogP) is 3.45. The highest BCUT2D eigenvalue weighted by molar-refractivity contribution is 5.91. The molecule has 1 saturated carbocycles. The Bertz CT molecular complexity index is 931. The lowest BCUT2D eigenvalue weighted by molar-refractivity contribution is -0.133. The number of nitrogens with one attached hydrogen (secondary N) is 3. The molecule has 170 valence electrons. The average Bonchev–Trinajstić information content (AvgIpc) is 2.83. The van der Waals surface area contributed by atoms with Crippen molar-refractivity contribution in [2.75, 3.05) is 19.0 Å². The number of carbonyl (C=O) groups is 2. The van der Waals surface area contributed by atoms with E-state index in [2.05, 4.69) is 22.2 Å². The fourth-order valence-corrected chi connectivity index (χ4v) is 4.76. The molecule has 1 aliphatic carbocycles. The number of methoxy groups -OCH3 is 1. The average molecular weight is 438 g/mol. The van der Waals surface area contributed by atoms with Crippen molar-refractivity contribution in [3.8, 4) is 11.5 Å². The molecule has 2 aromatic carbocycles. The van der Waals surface area contributed by atoms with Gasteiger partial charge in [-0.25, -0.2) is 5.43 Å². The maximum atomic E-state index is 12.3. The van der Waals surface area contributed by atoms with E-state index in [1.807, 2.05) is 18.2 Å². The van der Waals surface area contributed by atoms with Gasteiger partial charge in [0.25, 0.3) is 5.91 Å². The molecule has 2 fully saturated rings. The minimum Gasteiger partial charge on any atom is -0.497 e. The van der Waals surface area contributed by atoms with E-state index in [9.17, 15) is 9.59 Å². The molecule has 0 radical (unpaired) electrons. The first kappa shape index (κ1) is 22.1. The van der Waals surface area contributed by atoms with Crippen molar-refractivity contribution in [1.29, 1.82) is 0 Å². The molecule has 7 heteroatoms. The van der Waals surface area contributed by atoms with Crippen LogP contribution < -0.4 is 25.6 Å². The Morgan fingerprint density at radius 1 is 1.09 bits per heavy atom. The number of hydrazine groups is 1. The summed E-state index contributed by atoms with van der Waals surface area (Å²) in [6, 6.07) is 15.3. The number of amides is 2. The number of hydrogen-bond acceptors (Lipinski definition) is 5. The Morgan fingerprint density at radius 3 is 2.69 bits per heavy atom. The van der Waals surface area contributed by atoms with Gasteiger partial charge in [0.15, 0.2) is 6.61 Å². The third kappa shape index (κ3) is 5.59. The predicted molar refractivity (Wildman–Crippen MR) is 122 cm³/mol. The minimum absolute atomic E-state index is 0.0642. The number of aryl methyl sites for hydroxylation is 1. The number of rotatable bonds is 8. The Balaban J connectivity index is 1.27. The zero-order chi connectivity index (χ0) is 22.3. The van der Waals surface area contributed by atoms with Crippen molar-refractivity contribution in [3.05, 3.63) is 54.1 Å². The number of fused-ring (bicyclic) bond motifs is 1. The lowest BCUT2D eigenvalue weighted by Gasteiger charge is -2.41. The highest BCUT2D eigenvalue weighted by Crippen LogP contribution is 2.35. The van der Waals surface area contributed by atoms with Gasteiger partial charge in [-0.15, -0.1) is 0 Å². The fourth-order valence-electron chi connectivity index (χ4n) is 4.76. The summed E-state index contributed by atoms with van der Waals surface area (Å²) in [6.45, 7) is -0.0642. The fraction of sp³-hybridized carbons (Fsp3) is 0.440. The standard InChI is InChI=1S/C25H31N3O4/c1-31-19-10-12-20(13-11-19)32-16-24(29)26-18-6-4-5-17(15-18)9-14-23-21-7-2-3-8-22(21)25(30)28-27-23/h4-6,10-13,15,21-23,27H,2-3,7-9,14,16H2,1H3,(H,26,29)(H,28,30). The molecule has 2 aliphatic rings. The molecule has 0 spiro atoms. The number of carbonyl (C=O) groups excluding carboxylic acids is 2. The minimum atomic E-state index is -0.209. The highest BCUT2D eigenvalue weighted by atomic mass is 16.5. The van der Waals surface area contributed by atoms with Crippen LogP contribution in [0.1, 0.15) is 37.7 Å². The quantitative estimate of drug-likeness (QED) is 0.589. The molecule has 0 bridgehead atoms. The number of ether oxygens (including phenoxy) is 2. The van der Waals surface area contributed by atoms with Crippen LogP contribution in [0.4, 0.5) is 5.69 Å². The zero-order valence-electron chi connectivity index (χ0n) is 18.4. The summed E-state index contributed by atoms with van der Waals surface area (Å²) >= 11 is 0. The van der Waals surface area contributed by atoms with E-state index >= 15 is 0 Å². The summed E-state index contributed by atoms with van der Waals surface area (Å²) in [7, 11) is 1.60. The van der Waals surface area contributed by atoms with E-state index in [1.54, 1.807) is 31.4 Å². The van der Waals surface area contributed by atoms with Crippen LogP contribution >= 0.6 is 0 Å². The summed E-state index contributed by atoms with van der Waals surface area (Å²) in [5.41, 5.74) is 8.02. The number of anilines is 1. The molecule has 1 heterocycles. The second kappa shape index (κ2) is 10.5. The summed E-state index contributed by atoms with van der Waals surface area (Å²) < 4.78 is 10.7. The first-order valence-electron chi connectivity index (χ1n) is 11.3. The van der Waals surface area contributed by atoms with Gasteiger partial charge in [-0.1, -0.05) is 25.0 Å².